The number of thiazole rings is 1. The molecule has 2 aliphatic heterocycles. The van der Waals surface area contributed by atoms with Crippen molar-refractivity contribution < 1.29 is 9.90 Å². The van der Waals surface area contributed by atoms with Crippen molar-refractivity contribution in [2.24, 2.45) is 5.41 Å². The molecule has 6 heteroatoms. The average molecular weight is 337 g/mol. The van der Waals surface area contributed by atoms with Gasteiger partial charge in [-0.15, -0.1) is 11.3 Å². The Morgan fingerprint density at radius 1 is 1.43 bits per heavy atom. The summed E-state index contributed by atoms with van der Waals surface area (Å²) in [4.78, 5) is 21.9. The molecular formula is C17H27N3O2S. The third-order valence-electron chi connectivity index (χ3n) is 5.79. The highest BCUT2D eigenvalue weighted by molar-refractivity contribution is 7.09. The Bertz CT molecular complexity index is 550. The minimum absolute atomic E-state index is 0.0696. The van der Waals surface area contributed by atoms with E-state index < -0.39 is 11.6 Å². The molecule has 2 saturated heterocycles. The number of carbonyl (C=O) groups excluding carboxylic acids is 1. The van der Waals surface area contributed by atoms with E-state index in [-0.39, 0.29) is 11.3 Å². The van der Waals surface area contributed by atoms with Crippen molar-refractivity contribution in [3.05, 3.63) is 16.6 Å². The van der Waals surface area contributed by atoms with Crippen molar-refractivity contribution in [2.45, 2.75) is 58.2 Å². The van der Waals surface area contributed by atoms with Crippen LogP contribution in [0.15, 0.2) is 11.7 Å². The SMILES string of the molecule is CC(=O)N1CC2(CCN(Cc3cncs3)CC2)C[C@H](O)C1(C)C. The summed E-state index contributed by atoms with van der Waals surface area (Å²) in [6.45, 7) is 9.36. The summed E-state index contributed by atoms with van der Waals surface area (Å²) in [7, 11) is 0. The van der Waals surface area contributed by atoms with Gasteiger partial charge in [0.15, 0.2) is 0 Å². The van der Waals surface area contributed by atoms with Crippen molar-refractivity contribution in [1.29, 1.82) is 0 Å². The van der Waals surface area contributed by atoms with Gasteiger partial charge >= 0.3 is 0 Å². The topological polar surface area (TPSA) is 56.7 Å². The van der Waals surface area contributed by atoms with Gasteiger partial charge in [-0.2, -0.15) is 0 Å². The third kappa shape index (κ3) is 3.30. The van der Waals surface area contributed by atoms with Gasteiger partial charge in [-0.3, -0.25) is 14.7 Å². The number of aromatic nitrogens is 1. The van der Waals surface area contributed by atoms with Gasteiger partial charge in [-0.25, -0.2) is 0 Å². The van der Waals surface area contributed by atoms with Gasteiger partial charge < -0.3 is 10.0 Å². The number of nitrogens with zero attached hydrogens (tertiary/aromatic N) is 3. The lowest BCUT2D eigenvalue weighted by molar-refractivity contribution is -0.157. The molecule has 0 bridgehead atoms. The van der Waals surface area contributed by atoms with Gasteiger partial charge in [0.2, 0.25) is 5.91 Å². The lowest BCUT2D eigenvalue weighted by Crippen LogP contribution is -2.64. The standard InChI is InChI=1S/C17H27N3O2S/c1-13(21)20-11-17(8-15(22)16(20,2)3)4-6-19(7-5-17)10-14-9-18-12-23-14/h9,12,15,22H,4-8,10-11H2,1-3H3/t15-/m0/s1. The highest BCUT2D eigenvalue weighted by atomic mass is 32.1. The largest absolute Gasteiger partial charge is 0.391 e. The summed E-state index contributed by atoms with van der Waals surface area (Å²) in [6, 6.07) is 0. The molecule has 1 amide bonds. The van der Waals surface area contributed by atoms with Crippen LogP contribution in [-0.4, -0.2) is 57.1 Å². The predicted molar refractivity (Wildman–Crippen MR) is 91.1 cm³/mol. The zero-order chi connectivity index (χ0) is 16.7. The summed E-state index contributed by atoms with van der Waals surface area (Å²) < 4.78 is 0. The Labute approximate surface area is 142 Å². The fraction of sp³-hybridized carbons (Fsp3) is 0.765. The Hall–Kier alpha value is -0.980. The second kappa shape index (κ2) is 6.15. The average Bonchev–Trinajstić information content (AvgIpc) is 2.99. The Balaban J connectivity index is 1.66. The molecule has 2 fully saturated rings. The number of rotatable bonds is 2. The van der Waals surface area contributed by atoms with Gasteiger partial charge in [0.25, 0.3) is 0 Å². The van der Waals surface area contributed by atoms with Gasteiger partial charge in [0, 0.05) is 31.1 Å². The number of piperidine rings is 2. The molecule has 1 spiro atoms. The van der Waals surface area contributed by atoms with Crippen LogP contribution in [0.25, 0.3) is 0 Å². The number of hydrogen-bond acceptors (Lipinski definition) is 5. The molecule has 0 aromatic carbocycles. The Kier molecular flexibility index (Phi) is 4.51. The summed E-state index contributed by atoms with van der Waals surface area (Å²) in [6.07, 6.45) is 4.39. The van der Waals surface area contributed by atoms with Gasteiger partial charge in [0.1, 0.15) is 0 Å². The van der Waals surface area contributed by atoms with Crippen LogP contribution in [0.4, 0.5) is 0 Å². The lowest BCUT2D eigenvalue weighted by Gasteiger charge is -2.55. The maximum absolute atomic E-state index is 12.1. The second-order valence-electron chi connectivity index (χ2n) is 7.72. The van der Waals surface area contributed by atoms with Crippen LogP contribution in [0.3, 0.4) is 0 Å². The summed E-state index contributed by atoms with van der Waals surface area (Å²) in [5.41, 5.74) is 1.49. The molecule has 1 N–H and O–H groups in total. The molecule has 0 aliphatic carbocycles. The molecule has 0 saturated carbocycles. The highest BCUT2D eigenvalue weighted by Crippen LogP contribution is 2.45. The van der Waals surface area contributed by atoms with Crippen molar-refractivity contribution in [3.63, 3.8) is 0 Å². The van der Waals surface area contributed by atoms with Crippen molar-refractivity contribution in [3.8, 4) is 0 Å². The van der Waals surface area contributed by atoms with E-state index in [0.29, 0.717) is 0 Å². The summed E-state index contributed by atoms with van der Waals surface area (Å²) in [5, 5.41) is 10.6. The summed E-state index contributed by atoms with van der Waals surface area (Å²) >= 11 is 1.70. The zero-order valence-corrected chi connectivity index (χ0v) is 15.1. The van der Waals surface area contributed by atoms with E-state index in [1.54, 1.807) is 18.3 Å². The molecule has 5 nitrogen and oxygen atoms in total. The van der Waals surface area contributed by atoms with Gasteiger partial charge in [0.05, 0.1) is 17.2 Å². The number of aliphatic hydroxyl groups is 1. The first-order chi connectivity index (χ1) is 10.8. The van der Waals surface area contributed by atoms with Crippen LogP contribution < -0.4 is 0 Å². The van der Waals surface area contributed by atoms with E-state index >= 15 is 0 Å². The van der Waals surface area contributed by atoms with Crippen molar-refractivity contribution in [2.75, 3.05) is 19.6 Å². The predicted octanol–water partition coefficient (Wildman–Crippen LogP) is 2.12. The van der Waals surface area contributed by atoms with E-state index in [2.05, 4.69) is 9.88 Å². The second-order valence-corrected chi connectivity index (χ2v) is 8.69. The first-order valence-corrected chi connectivity index (χ1v) is 9.26. The number of amides is 1. The van der Waals surface area contributed by atoms with E-state index in [1.165, 1.54) is 4.88 Å². The quantitative estimate of drug-likeness (QED) is 0.898. The first-order valence-electron chi connectivity index (χ1n) is 8.38. The molecule has 0 unspecified atom stereocenters. The monoisotopic (exact) mass is 337 g/mol. The van der Waals surface area contributed by atoms with Crippen LogP contribution in [0.2, 0.25) is 0 Å². The Morgan fingerprint density at radius 3 is 2.70 bits per heavy atom. The van der Waals surface area contributed by atoms with E-state index in [0.717, 1.165) is 45.4 Å². The normalized spacial score (nSPS) is 27.3. The highest BCUT2D eigenvalue weighted by Gasteiger charge is 2.50. The van der Waals surface area contributed by atoms with E-state index in [9.17, 15) is 9.90 Å². The van der Waals surface area contributed by atoms with E-state index in [1.807, 2.05) is 30.5 Å². The molecule has 1 aromatic heterocycles. The fourth-order valence-electron chi connectivity index (χ4n) is 4.05. The number of likely N-dealkylation sites (tertiary alicyclic amines) is 2. The number of hydrogen-bond donors (Lipinski definition) is 1. The fourth-order valence-corrected chi connectivity index (χ4v) is 4.68. The first kappa shape index (κ1) is 16.9. The third-order valence-corrected chi connectivity index (χ3v) is 6.56. The van der Waals surface area contributed by atoms with E-state index in [4.69, 9.17) is 0 Å². The maximum atomic E-state index is 12.1. The van der Waals surface area contributed by atoms with Crippen LogP contribution in [0.5, 0.6) is 0 Å². The van der Waals surface area contributed by atoms with Crippen LogP contribution in [0.1, 0.15) is 44.9 Å². The minimum atomic E-state index is -0.461. The van der Waals surface area contributed by atoms with Crippen LogP contribution in [-0.2, 0) is 11.3 Å². The minimum Gasteiger partial charge on any atom is -0.391 e. The molecule has 0 radical (unpaired) electrons. The van der Waals surface area contributed by atoms with Gasteiger partial charge in [-0.1, -0.05) is 0 Å². The molecule has 3 heterocycles. The molecule has 2 aliphatic rings. The Morgan fingerprint density at radius 2 is 2.13 bits per heavy atom. The molecule has 1 aromatic rings. The van der Waals surface area contributed by atoms with Crippen molar-refractivity contribution >= 4 is 17.2 Å². The summed E-state index contributed by atoms with van der Waals surface area (Å²) in [5.74, 6) is 0.0696. The lowest BCUT2D eigenvalue weighted by atomic mass is 9.67. The van der Waals surface area contributed by atoms with Crippen LogP contribution >= 0.6 is 11.3 Å². The van der Waals surface area contributed by atoms with Crippen LogP contribution in [0, 0.1) is 5.41 Å². The van der Waals surface area contributed by atoms with Crippen molar-refractivity contribution in [1.82, 2.24) is 14.8 Å². The molecule has 128 valence electrons. The zero-order valence-electron chi connectivity index (χ0n) is 14.3. The number of carbonyl (C=O) groups is 1. The molecule has 3 rings (SSSR count). The molecular weight excluding hydrogens is 310 g/mol. The smallest absolute Gasteiger partial charge is 0.219 e. The van der Waals surface area contributed by atoms with Gasteiger partial charge in [-0.05, 0) is 51.6 Å². The molecule has 1 atom stereocenters. The number of aliphatic hydroxyl groups excluding tert-OH is 1. The maximum Gasteiger partial charge on any atom is 0.219 e. The molecule has 23 heavy (non-hydrogen) atoms.